The molecule has 0 aliphatic carbocycles. The van der Waals surface area contributed by atoms with Crippen LogP contribution in [0.1, 0.15) is 0 Å². The average Bonchev–Trinajstić information content (AvgIpc) is 1.95. The van der Waals surface area contributed by atoms with Gasteiger partial charge < -0.3 is 4.90 Å². The molecule has 0 unspecified atom stereocenters. The predicted molar refractivity (Wildman–Crippen MR) is 37.3 cm³/mol. The highest BCUT2D eigenvalue weighted by Crippen LogP contribution is 1.94. The Bertz CT molecular complexity index is 110. The minimum absolute atomic E-state index is 0.602. The molecular weight excluding hydrogens is 130 g/mol. The molecule has 1 radical (unpaired) electrons. The van der Waals surface area contributed by atoms with Gasteiger partial charge in [0.25, 0.3) is 0 Å². The van der Waals surface area contributed by atoms with Crippen LogP contribution < -0.4 is 5.43 Å². The fourth-order valence-electron chi connectivity index (χ4n) is 0.978. The van der Waals surface area contributed by atoms with Gasteiger partial charge in [0.2, 0.25) is 6.41 Å². The standard InChI is InChI=1S/C6H12N3O/c1-8-2-4-9(5-3-8)7-6-10/h6H,2-5H2,1H3. The molecule has 0 bridgehead atoms. The maximum absolute atomic E-state index is 9.93. The lowest BCUT2D eigenvalue weighted by molar-refractivity contribution is -0.115. The van der Waals surface area contributed by atoms with E-state index >= 15 is 0 Å². The number of carbonyl (C=O) groups is 1. The Kier molecular flexibility index (Phi) is 2.65. The van der Waals surface area contributed by atoms with Gasteiger partial charge in [-0.05, 0) is 7.05 Å². The van der Waals surface area contributed by atoms with Crippen molar-refractivity contribution in [1.82, 2.24) is 15.3 Å². The first-order valence-electron chi connectivity index (χ1n) is 3.41. The van der Waals surface area contributed by atoms with Gasteiger partial charge in [-0.15, -0.1) is 0 Å². The zero-order valence-corrected chi connectivity index (χ0v) is 6.16. The van der Waals surface area contributed by atoms with E-state index in [0.29, 0.717) is 6.41 Å². The number of piperazine rings is 1. The highest BCUT2D eigenvalue weighted by Gasteiger charge is 2.12. The van der Waals surface area contributed by atoms with E-state index in [-0.39, 0.29) is 0 Å². The Morgan fingerprint density at radius 3 is 2.40 bits per heavy atom. The molecule has 0 N–H and O–H groups in total. The number of hydrogen-bond acceptors (Lipinski definition) is 3. The van der Waals surface area contributed by atoms with E-state index in [4.69, 9.17) is 0 Å². The third kappa shape index (κ3) is 1.97. The van der Waals surface area contributed by atoms with Crippen LogP contribution in [-0.2, 0) is 4.79 Å². The third-order valence-corrected chi connectivity index (χ3v) is 1.69. The summed E-state index contributed by atoms with van der Waals surface area (Å²) >= 11 is 0. The second-order valence-electron chi connectivity index (χ2n) is 2.48. The molecule has 1 amide bonds. The molecule has 0 spiro atoms. The van der Waals surface area contributed by atoms with Crippen LogP contribution >= 0.6 is 0 Å². The highest BCUT2D eigenvalue weighted by molar-refractivity contribution is 5.44. The van der Waals surface area contributed by atoms with Crippen LogP contribution in [0, 0.1) is 0 Å². The maximum Gasteiger partial charge on any atom is 0.244 e. The third-order valence-electron chi connectivity index (χ3n) is 1.69. The van der Waals surface area contributed by atoms with Crippen LogP contribution in [0.25, 0.3) is 0 Å². The number of hydrogen-bond donors (Lipinski definition) is 0. The van der Waals surface area contributed by atoms with E-state index in [0.717, 1.165) is 26.2 Å². The lowest BCUT2D eigenvalue weighted by atomic mass is 10.4. The molecule has 1 aliphatic heterocycles. The summed E-state index contributed by atoms with van der Waals surface area (Å²) in [5, 5.41) is 1.80. The molecule has 0 aromatic carbocycles. The van der Waals surface area contributed by atoms with Crippen molar-refractivity contribution in [3.8, 4) is 0 Å². The Balaban J connectivity index is 2.19. The summed E-state index contributed by atoms with van der Waals surface area (Å²) in [6.07, 6.45) is 0.602. The molecule has 0 aromatic heterocycles. The van der Waals surface area contributed by atoms with Crippen LogP contribution in [0.15, 0.2) is 0 Å². The lowest BCUT2D eigenvalue weighted by Gasteiger charge is -2.29. The molecule has 1 aliphatic rings. The smallest absolute Gasteiger partial charge is 0.244 e. The number of rotatable bonds is 2. The molecule has 4 nitrogen and oxygen atoms in total. The monoisotopic (exact) mass is 142 g/mol. The Morgan fingerprint density at radius 1 is 1.30 bits per heavy atom. The minimum Gasteiger partial charge on any atom is -0.304 e. The zero-order valence-electron chi connectivity index (χ0n) is 6.16. The van der Waals surface area contributed by atoms with Crippen molar-refractivity contribution in [3.05, 3.63) is 0 Å². The SMILES string of the molecule is CN1CCN([N]C=O)CC1. The van der Waals surface area contributed by atoms with Crippen LogP contribution in [0.4, 0.5) is 0 Å². The summed E-state index contributed by atoms with van der Waals surface area (Å²) in [7, 11) is 2.07. The molecule has 10 heavy (non-hydrogen) atoms. The van der Waals surface area contributed by atoms with E-state index in [2.05, 4.69) is 17.4 Å². The Labute approximate surface area is 60.8 Å². The fraction of sp³-hybridized carbons (Fsp3) is 0.833. The van der Waals surface area contributed by atoms with E-state index in [1.54, 1.807) is 5.01 Å². The molecule has 1 saturated heterocycles. The van der Waals surface area contributed by atoms with Gasteiger partial charge in [-0.2, -0.15) is 10.4 Å². The number of nitrogens with zero attached hydrogens (tertiary/aromatic N) is 3. The van der Waals surface area contributed by atoms with Crippen molar-refractivity contribution in [2.24, 2.45) is 0 Å². The number of amides is 1. The topological polar surface area (TPSA) is 37.7 Å². The minimum atomic E-state index is 0.602. The maximum atomic E-state index is 9.93. The van der Waals surface area contributed by atoms with E-state index < -0.39 is 0 Å². The summed E-state index contributed by atoms with van der Waals surface area (Å²) in [5.74, 6) is 0. The van der Waals surface area contributed by atoms with Gasteiger partial charge in [0.15, 0.2) is 0 Å². The Hall–Kier alpha value is -0.610. The molecule has 1 fully saturated rings. The number of likely N-dealkylation sites (N-methyl/N-ethyl adjacent to an activating group) is 1. The average molecular weight is 142 g/mol. The second-order valence-corrected chi connectivity index (χ2v) is 2.48. The molecular formula is C6H12N3O. The van der Waals surface area contributed by atoms with Gasteiger partial charge in [0.1, 0.15) is 0 Å². The summed E-state index contributed by atoms with van der Waals surface area (Å²) in [6, 6.07) is 0. The summed E-state index contributed by atoms with van der Waals surface area (Å²) in [5.41, 5.74) is 3.64. The van der Waals surface area contributed by atoms with Gasteiger partial charge >= 0.3 is 0 Å². The molecule has 0 aromatic rings. The first-order valence-corrected chi connectivity index (χ1v) is 3.41. The Morgan fingerprint density at radius 2 is 1.90 bits per heavy atom. The molecule has 57 valence electrons. The molecule has 0 atom stereocenters. The highest BCUT2D eigenvalue weighted by atomic mass is 16.1. The zero-order chi connectivity index (χ0) is 7.40. The largest absolute Gasteiger partial charge is 0.304 e. The first kappa shape index (κ1) is 7.50. The van der Waals surface area contributed by atoms with E-state index in [9.17, 15) is 4.79 Å². The first-order chi connectivity index (χ1) is 4.83. The quantitative estimate of drug-likeness (QED) is 0.460. The van der Waals surface area contributed by atoms with Gasteiger partial charge in [0.05, 0.1) is 0 Å². The van der Waals surface area contributed by atoms with Gasteiger partial charge in [0, 0.05) is 26.2 Å². The fourth-order valence-corrected chi connectivity index (χ4v) is 0.978. The van der Waals surface area contributed by atoms with Crippen LogP contribution in [-0.4, -0.2) is 49.5 Å². The molecule has 4 heteroatoms. The summed E-state index contributed by atoms with van der Waals surface area (Å²) < 4.78 is 0. The molecule has 1 rings (SSSR count). The van der Waals surface area contributed by atoms with Gasteiger partial charge in [-0.3, -0.25) is 4.79 Å². The number of carbonyl (C=O) groups excluding carboxylic acids is 1. The van der Waals surface area contributed by atoms with Gasteiger partial charge in [-0.1, -0.05) is 0 Å². The molecule has 1 heterocycles. The second kappa shape index (κ2) is 3.53. The summed E-state index contributed by atoms with van der Waals surface area (Å²) in [4.78, 5) is 12.2. The van der Waals surface area contributed by atoms with E-state index in [1.807, 2.05) is 0 Å². The van der Waals surface area contributed by atoms with Crippen molar-refractivity contribution in [1.29, 1.82) is 0 Å². The van der Waals surface area contributed by atoms with Crippen LogP contribution in [0.5, 0.6) is 0 Å². The molecule has 0 saturated carbocycles. The summed E-state index contributed by atoms with van der Waals surface area (Å²) in [6.45, 7) is 3.74. The van der Waals surface area contributed by atoms with Crippen molar-refractivity contribution in [2.45, 2.75) is 0 Å². The van der Waals surface area contributed by atoms with Crippen molar-refractivity contribution in [2.75, 3.05) is 33.2 Å². The van der Waals surface area contributed by atoms with E-state index in [1.165, 1.54) is 0 Å². The lowest BCUT2D eigenvalue weighted by Crippen LogP contribution is -2.47. The van der Waals surface area contributed by atoms with Crippen molar-refractivity contribution in [3.63, 3.8) is 0 Å². The van der Waals surface area contributed by atoms with Gasteiger partial charge in [-0.25, -0.2) is 0 Å². The van der Waals surface area contributed by atoms with Crippen molar-refractivity contribution >= 4 is 6.41 Å². The van der Waals surface area contributed by atoms with Crippen molar-refractivity contribution < 1.29 is 4.79 Å². The van der Waals surface area contributed by atoms with Crippen LogP contribution in [0.3, 0.4) is 0 Å². The van der Waals surface area contributed by atoms with Crippen LogP contribution in [0.2, 0.25) is 0 Å². The predicted octanol–water partition coefficient (Wildman–Crippen LogP) is -1.09. The normalized spacial score (nSPS) is 22.5.